The van der Waals surface area contributed by atoms with Gasteiger partial charge in [-0.3, -0.25) is 4.79 Å². The Kier molecular flexibility index (Phi) is 2.52. The third-order valence-electron chi connectivity index (χ3n) is 3.35. The van der Waals surface area contributed by atoms with Crippen molar-refractivity contribution < 1.29 is 9.90 Å². The molecule has 92 valence electrons. The quantitative estimate of drug-likeness (QED) is 0.880. The molecule has 0 spiro atoms. The summed E-state index contributed by atoms with van der Waals surface area (Å²) in [6.07, 6.45) is 1.52. The highest BCUT2D eigenvalue weighted by atomic mass is 79.9. The fourth-order valence-electron chi connectivity index (χ4n) is 2.64. The number of rotatable bonds is 1. The summed E-state index contributed by atoms with van der Waals surface area (Å²) < 4.78 is 2.78. The van der Waals surface area contributed by atoms with Gasteiger partial charge in [0.15, 0.2) is 0 Å². The molecule has 1 aromatic carbocycles. The Morgan fingerprint density at radius 3 is 2.89 bits per heavy atom. The topological polar surface area (TPSA) is 59.3 Å². The molecule has 0 bridgehead atoms. The van der Waals surface area contributed by atoms with Crippen molar-refractivity contribution in [1.29, 1.82) is 0 Å². The van der Waals surface area contributed by atoms with Crippen LogP contribution in [0.2, 0.25) is 0 Å². The summed E-state index contributed by atoms with van der Waals surface area (Å²) in [6.45, 7) is 0.759. The van der Waals surface area contributed by atoms with Gasteiger partial charge in [-0.05, 0) is 40.9 Å². The van der Waals surface area contributed by atoms with Crippen LogP contribution in [-0.2, 0) is 13.0 Å². The summed E-state index contributed by atoms with van der Waals surface area (Å²) in [5, 5.41) is 9.70. The monoisotopic (exact) mass is 307 g/mol. The van der Waals surface area contributed by atoms with Crippen LogP contribution in [0.5, 0.6) is 0 Å². The Morgan fingerprint density at radius 2 is 2.17 bits per heavy atom. The molecule has 0 saturated heterocycles. The smallest absolute Gasteiger partial charge is 0.341 e. The van der Waals surface area contributed by atoms with Crippen LogP contribution in [0.15, 0.2) is 27.5 Å². The fourth-order valence-corrected chi connectivity index (χ4v) is 3.22. The number of aromatic carboxylic acids is 1. The predicted octanol–water partition coefficient (Wildman–Crippen LogP) is 2.41. The van der Waals surface area contributed by atoms with Crippen LogP contribution in [0.1, 0.15) is 22.5 Å². The first-order valence-electron chi connectivity index (χ1n) is 5.68. The number of pyridine rings is 1. The van der Waals surface area contributed by atoms with Crippen molar-refractivity contribution in [1.82, 2.24) is 4.57 Å². The third-order valence-corrected chi connectivity index (χ3v) is 3.99. The van der Waals surface area contributed by atoms with Crippen LogP contribution in [-0.4, -0.2) is 15.6 Å². The van der Waals surface area contributed by atoms with Gasteiger partial charge in [-0.2, -0.15) is 0 Å². The van der Waals surface area contributed by atoms with E-state index in [1.54, 1.807) is 12.1 Å². The number of nitrogens with zero attached hydrogens (tertiary/aromatic N) is 1. The second kappa shape index (κ2) is 3.95. The molecule has 0 amide bonds. The van der Waals surface area contributed by atoms with E-state index in [1.807, 2.05) is 10.6 Å². The standard InChI is InChI=1S/C13H10BrNO3/c14-8-4-1-3-7-11(8)15-6-2-5-9(15)10(12(7)16)13(17)18/h1,3-4H,2,5-6H2,(H,17,18). The van der Waals surface area contributed by atoms with E-state index in [9.17, 15) is 14.7 Å². The van der Waals surface area contributed by atoms with Crippen LogP contribution < -0.4 is 5.43 Å². The number of carbonyl (C=O) groups is 1. The number of aromatic nitrogens is 1. The van der Waals surface area contributed by atoms with E-state index < -0.39 is 5.97 Å². The van der Waals surface area contributed by atoms with Crippen LogP contribution >= 0.6 is 15.9 Å². The zero-order valence-corrected chi connectivity index (χ0v) is 11.0. The molecule has 0 fully saturated rings. The number of benzene rings is 1. The molecule has 3 rings (SSSR count). The number of carboxylic acids is 1. The van der Waals surface area contributed by atoms with Gasteiger partial charge in [0.2, 0.25) is 5.43 Å². The number of hydrogen-bond acceptors (Lipinski definition) is 2. The maximum Gasteiger partial charge on any atom is 0.341 e. The molecule has 0 radical (unpaired) electrons. The largest absolute Gasteiger partial charge is 0.477 e. The molecule has 2 aromatic rings. The highest BCUT2D eigenvalue weighted by Gasteiger charge is 2.25. The first kappa shape index (κ1) is 11.5. The van der Waals surface area contributed by atoms with Gasteiger partial charge in [0.1, 0.15) is 5.56 Å². The fraction of sp³-hybridized carbons (Fsp3) is 0.231. The van der Waals surface area contributed by atoms with E-state index in [2.05, 4.69) is 15.9 Å². The summed E-state index contributed by atoms with van der Waals surface area (Å²) in [7, 11) is 0. The number of carboxylic acid groups (broad SMARTS) is 1. The maximum absolute atomic E-state index is 12.3. The van der Waals surface area contributed by atoms with E-state index in [4.69, 9.17) is 0 Å². The Hall–Kier alpha value is -1.62. The number of aryl methyl sites for hydroxylation is 1. The van der Waals surface area contributed by atoms with Crippen LogP contribution in [0.25, 0.3) is 10.9 Å². The van der Waals surface area contributed by atoms with Crippen molar-refractivity contribution in [3.8, 4) is 0 Å². The van der Waals surface area contributed by atoms with Gasteiger partial charge in [0.05, 0.1) is 5.52 Å². The lowest BCUT2D eigenvalue weighted by Crippen LogP contribution is -2.21. The van der Waals surface area contributed by atoms with Gasteiger partial charge in [-0.1, -0.05) is 6.07 Å². The van der Waals surface area contributed by atoms with Gasteiger partial charge in [-0.15, -0.1) is 0 Å². The number of fused-ring (bicyclic) bond motifs is 3. The van der Waals surface area contributed by atoms with Gasteiger partial charge in [0, 0.05) is 22.1 Å². The van der Waals surface area contributed by atoms with Crippen LogP contribution in [0.3, 0.4) is 0 Å². The molecule has 1 aliphatic rings. The lowest BCUT2D eigenvalue weighted by Gasteiger charge is -2.13. The minimum absolute atomic E-state index is 0.0712. The summed E-state index contributed by atoms with van der Waals surface area (Å²) in [4.78, 5) is 23.6. The van der Waals surface area contributed by atoms with Gasteiger partial charge in [-0.25, -0.2) is 4.79 Å². The van der Waals surface area contributed by atoms with Gasteiger partial charge >= 0.3 is 5.97 Å². The molecule has 5 heteroatoms. The molecule has 18 heavy (non-hydrogen) atoms. The predicted molar refractivity (Wildman–Crippen MR) is 71.2 cm³/mol. The summed E-state index contributed by atoms with van der Waals surface area (Å²) in [5.74, 6) is -1.13. The van der Waals surface area contributed by atoms with Crippen molar-refractivity contribution >= 4 is 32.8 Å². The Balaban J connectivity index is 2.59. The minimum atomic E-state index is -1.13. The molecule has 0 aliphatic carbocycles. The van der Waals surface area contributed by atoms with Crippen molar-refractivity contribution in [2.75, 3.05) is 0 Å². The van der Waals surface area contributed by atoms with E-state index in [0.29, 0.717) is 17.5 Å². The summed E-state index contributed by atoms with van der Waals surface area (Å²) >= 11 is 3.44. The molecule has 0 atom stereocenters. The molecule has 1 N–H and O–H groups in total. The average Bonchev–Trinajstić information content (AvgIpc) is 2.77. The second-order valence-corrected chi connectivity index (χ2v) is 5.20. The zero-order chi connectivity index (χ0) is 12.9. The minimum Gasteiger partial charge on any atom is -0.477 e. The molecule has 2 heterocycles. The summed E-state index contributed by atoms with van der Waals surface area (Å²) in [5.41, 5.74) is 0.997. The second-order valence-electron chi connectivity index (χ2n) is 4.35. The lowest BCUT2D eigenvalue weighted by atomic mass is 10.1. The molecule has 0 unspecified atom stereocenters. The number of hydrogen-bond donors (Lipinski definition) is 1. The highest BCUT2D eigenvalue weighted by molar-refractivity contribution is 9.10. The van der Waals surface area contributed by atoms with Crippen molar-refractivity contribution in [2.24, 2.45) is 0 Å². The maximum atomic E-state index is 12.3. The molecule has 0 saturated carbocycles. The van der Waals surface area contributed by atoms with Gasteiger partial charge < -0.3 is 9.67 Å². The van der Waals surface area contributed by atoms with Crippen LogP contribution in [0.4, 0.5) is 0 Å². The molecule has 1 aliphatic heterocycles. The Bertz CT molecular complexity index is 733. The molecular formula is C13H10BrNO3. The highest BCUT2D eigenvalue weighted by Crippen LogP contribution is 2.28. The van der Waals surface area contributed by atoms with Crippen molar-refractivity contribution in [3.63, 3.8) is 0 Å². The normalized spacial score (nSPS) is 13.8. The van der Waals surface area contributed by atoms with E-state index in [1.165, 1.54) is 0 Å². The van der Waals surface area contributed by atoms with E-state index >= 15 is 0 Å². The van der Waals surface area contributed by atoms with Crippen molar-refractivity contribution in [2.45, 2.75) is 19.4 Å². The molecule has 1 aromatic heterocycles. The van der Waals surface area contributed by atoms with Crippen molar-refractivity contribution in [3.05, 3.63) is 44.2 Å². The van der Waals surface area contributed by atoms with Crippen LogP contribution in [0, 0.1) is 0 Å². The summed E-state index contributed by atoms with van der Waals surface area (Å²) in [6, 6.07) is 5.30. The molecule has 4 nitrogen and oxygen atoms in total. The lowest BCUT2D eigenvalue weighted by molar-refractivity contribution is 0.0694. The molecular weight excluding hydrogens is 298 g/mol. The SMILES string of the molecule is O=C(O)c1c2n(c3c(Br)cccc3c1=O)CCC2. The third kappa shape index (κ3) is 1.43. The number of halogens is 1. The number of para-hydroxylation sites is 1. The Labute approximate surface area is 111 Å². The first-order valence-corrected chi connectivity index (χ1v) is 6.47. The zero-order valence-electron chi connectivity index (χ0n) is 9.44. The van der Waals surface area contributed by atoms with E-state index in [-0.39, 0.29) is 11.0 Å². The van der Waals surface area contributed by atoms with Gasteiger partial charge in [0.25, 0.3) is 0 Å². The Morgan fingerprint density at radius 1 is 1.39 bits per heavy atom. The first-order chi connectivity index (χ1) is 8.61. The average molecular weight is 308 g/mol. The van der Waals surface area contributed by atoms with E-state index in [0.717, 1.165) is 23.0 Å².